The van der Waals surface area contributed by atoms with Crippen molar-refractivity contribution in [3.8, 4) is 11.1 Å². The molecule has 0 saturated carbocycles. The lowest BCUT2D eigenvalue weighted by Crippen LogP contribution is -2.32. The van der Waals surface area contributed by atoms with Gasteiger partial charge in [-0.2, -0.15) is 0 Å². The van der Waals surface area contributed by atoms with Crippen molar-refractivity contribution in [2.45, 2.75) is 39.9 Å². The summed E-state index contributed by atoms with van der Waals surface area (Å²) >= 11 is 0. The van der Waals surface area contributed by atoms with Crippen LogP contribution in [0.25, 0.3) is 11.1 Å². The van der Waals surface area contributed by atoms with Crippen LogP contribution in [0.5, 0.6) is 0 Å². The van der Waals surface area contributed by atoms with E-state index in [4.69, 9.17) is 9.47 Å². The molecule has 148 valence electrons. The summed E-state index contributed by atoms with van der Waals surface area (Å²) in [4.78, 5) is 23.6. The van der Waals surface area contributed by atoms with Crippen molar-refractivity contribution in [3.05, 3.63) is 71.8 Å². The van der Waals surface area contributed by atoms with Gasteiger partial charge in [-0.1, -0.05) is 60.7 Å². The molecule has 0 spiro atoms. The third kappa shape index (κ3) is 7.27. The first kappa shape index (κ1) is 21.2. The van der Waals surface area contributed by atoms with Gasteiger partial charge in [-0.05, 0) is 44.4 Å². The van der Waals surface area contributed by atoms with Gasteiger partial charge in [0.05, 0.1) is 0 Å². The molecule has 0 aromatic heterocycles. The van der Waals surface area contributed by atoms with E-state index in [-0.39, 0.29) is 13.2 Å². The summed E-state index contributed by atoms with van der Waals surface area (Å²) in [6, 6.07) is 18.0. The van der Waals surface area contributed by atoms with E-state index >= 15 is 0 Å². The number of amides is 1. The number of nitrogens with one attached hydrogen (secondary N) is 1. The average molecular weight is 381 g/mol. The lowest BCUT2D eigenvalue weighted by molar-refractivity contribution is -0.140. The Balaban J connectivity index is 1.80. The molecule has 0 fully saturated rings. The summed E-state index contributed by atoms with van der Waals surface area (Å²) in [5.74, 6) is -0.418. The maximum Gasteiger partial charge on any atom is 0.407 e. The zero-order valence-electron chi connectivity index (χ0n) is 16.8. The first-order valence-electron chi connectivity index (χ1n) is 9.20. The summed E-state index contributed by atoms with van der Waals surface area (Å²) in [6.45, 7) is 7.41. The number of hydrogen-bond donors (Lipinski definition) is 1. The van der Waals surface area contributed by atoms with Gasteiger partial charge in [0.15, 0.2) is 0 Å². The maximum atomic E-state index is 12.1. The van der Waals surface area contributed by atoms with E-state index in [1.54, 1.807) is 33.8 Å². The van der Waals surface area contributed by atoms with Gasteiger partial charge >= 0.3 is 12.1 Å². The molecule has 5 nitrogen and oxygen atoms in total. The van der Waals surface area contributed by atoms with Crippen molar-refractivity contribution in [1.29, 1.82) is 0 Å². The van der Waals surface area contributed by atoms with Gasteiger partial charge in [-0.3, -0.25) is 0 Å². The van der Waals surface area contributed by atoms with Gasteiger partial charge < -0.3 is 14.8 Å². The molecule has 0 radical (unpaired) electrons. The lowest BCUT2D eigenvalue weighted by Gasteiger charge is -2.19. The van der Waals surface area contributed by atoms with Crippen molar-refractivity contribution in [2.75, 3.05) is 6.54 Å². The molecule has 2 aromatic rings. The molecule has 2 rings (SSSR count). The number of hydrogen-bond acceptors (Lipinski definition) is 4. The largest absolute Gasteiger partial charge is 0.457 e. The lowest BCUT2D eigenvalue weighted by atomic mass is 10.0. The first-order valence-corrected chi connectivity index (χ1v) is 9.20. The number of rotatable bonds is 6. The van der Waals surface area contributed by atoms with Crippen molar-refractivity contribution < 1.29 is 19.1 Å². The normalized spacial score (nSPS) is 11.6. The van der Waals surface area contributed by atoms with Gasteiger partial charge in [0.1, 0.15) is 12.2 Å². The second kappa shape index (κ2) is 9.74. The van der Waals surface area contributed by atoms with Crippen LogP contribution in [0.3, 0.4) is 0 Å². The second-order valence-electron chi connectivity index (χ2n) is 7.41. The predicted octanol–water partition coefficient (Wildman–Crippen LogP) is 4.87. The van der Waals surface area contributed by atoms with Crippen LogP contribution >= 0.6 is 0 Å². The molecule has 0 unspecified atom stereocenters. The molecule has 1 amide bonds. The third-order valence-electron chi connectivity index (χ3n) is 3.81. The van der Waals surface area contributed by atoms with E-state index in [1.165, 1.54) is 0 Å². The summed E-state index contributed by atoms with van der Waals surface area (Å²) in [5.41, 5.74) is 3.03. The van der Waals surface area contributed by atoms with E-state index in [2.05, 4.69) is 17.4 Å². The third-order valence-corrected chi connectivity index (χ3v) is 3.81. The summed E-state index contributed by atoms with van der Waals surface area (Å²) in [5, 5.41) is 2.58. The van der Waals surface area contributed by atoms with Crippen molar-refractivity contribution in [1.82, 2.24) is 5.32 Å². The standard InChI is InChI=1S/C23H27NO4/c1-17(14-15-24-22(26)28-23(2,3)4)21(25)27-16-18-10-12-20(13-11-18)19-8-6-5-7-9-19/h5-14H,15-16H2,1-4H3,(H,24,26). The van der Waals surface area contributed by atoms with Crippen LogP contribution in [0.1, 0.15) is 33.3 Å². The Bertz CT molecular complexity index is 818. The van der Waals surface area contributed by atoms with E-state index in [0.717, 1.165) is 16.7 Å². The van der Waals surface area contributed by atoms with Crippen molar-refractivity contribution in [3.63, 3.8) is 0 Å². The highest BCUT2D eigenvalue weighted by Crippen LogP contribution is 2.19. The maximum absolute atomic E-state index is 12.1. The van der Waals surface area contributed by atoms with Crippen LogP contribution in [0.4, 0.5) is 4.79 Å². The van der Waals surface area contributed by atoms with Crippen LogP contribution in [0.2, 0.25) is 0 Å². The smallest absolute Gasteiger partial charge is 0.407 e. The monoisotopic (exact) mass is 381 g/mol. The van der Waals surface area contributed by atoms with Crippen LogP contribution in [-0.2, 0) is 20.9 Å². The van der Waals surface area contributed by atoms with Crippen LogP contribution in [0, 0.1) is 0 Å². The molecule has 0 bridgehead atoms. The van der Waals surface area contributed by atoms with Crippen molar-refractivity contribution >= 4 is 12.1 Å². The van der Waals surface area contributed by atoms with Crippen LogP contribution < -0.4 is 5.32 Å². The summed E-state index contributed by atoms with van der Waals surface area (Å²) in [6.07, 6.45) is 1.08. The summed E-state index contributed by atoms with van der Waals surface area (Å²) in [7, 11) is 0. The van der Waals surface area contributed by atoms with E-state index in [1.807, 2.05) is 42.5 Å². The minimum absolute atomic E-state index is 0.193. The van der Waals surface area contributed by atoms with Gasteiger partial charge in [-0.25, -0.2) is 9.59 Å². The van der Waals surface area contributed by atoms with Gasteiger partial charge in [0.25, 0.3) is 0 Å². The van der Waals surface area contributed by atoms with Gasteiger partial charge in [0, 0.05) is 12.1 Å². The molecule has 0 saturated heterocycles. The zero-order chi connectivity index (χ0) is 20.6. The molecule has 2 aromatic carbocycles. The molecule has 28 heavy (non-hydrogen) atoms. The van der Waals surface area contributed by atoms with Gasteiger partial charge in [0.2, 0.25) is 0 Å². The Morgan fingerprint density at radius 2 is 1.57 bits per heavy atom. The molecule has 0 heterocycles. The fraction of sp³-hybridized carbons (Fsp3) is 0.304. The zero-order valence-corrected chi connectivity index (χ0v) is 16.8. The topological polar surface area (TPSA) is 64.6 Å². The minimum atomic E-state index is -0.558. The Hall–Kier alpha value is -3.08. The Kier molecular flexibility index (Phi) is 7.38. The predicted molar refractivity (Wildman–Crippen MR) is 110 cm³/mol. The number of esters is 1. The molecular formula is C23H27NO4. The van der Waals surface area contributed by atoms with E-state index in [9.17, 15) is 9.59 Å². The highest BCUT2D eigenvalue weighted by Gasteiger charge is 2.15. The highest BCUT2D eigenvalue weighted by molar-refractivity contribution is 5.87. The molecular weight excluding hydrogens is 354 g/mol. The molecule has 0 aliphatic rings. The highest BCUT2D eigenvalue weighted by atomic mass is 16.6. The van der Waals surface area contributed by atoms with Crippen molar-refractivity contribution in [2.24, 2.45) is 0 Å². The average Bonchev–Trinajstić information content (AvgIpc) is 2.65. The second-order valence-corrected chi connectivity index (χ2v) is 7.41. The number of alkyl carbamates (subject to hydrolysis) is 1. The SMILES string of the molecule is CC(=CCNC(=O)OC(C)(C)C)C(=O)OCc1ccc(-c2ccccc2)cc1. The Morgan fingerprint density at radius 3 is 2.18 bits per heavy atom. The fourth-order valence-corrected chi connectivity index (χ4v) is 2.37. The summed E-state index contributed by atoms with van der Waals surface area (Å²) < 4.78 is 10.5. The quantitative estimate of drug-likeness (QED) is 0.573. The molecule has 0 atom stereocenters. The first-order chi connectivity index (χ1) is 13.2. The van der Waals surface area contributed by atoms with E-state index in [0.29, 0.717) is 5.57 Å². The van der Waals surface area contributed by atoms with Crippen LogP contribution in [-0.4, -0.2) is 24.2 Å². The molecule has 5 heteroatoms. The molecule has 0 aliphatic heterocycles. The number of carbonyl (C=O) groups is 2. The van der Waals surface area contributed by atoms with Crippen LogP contribution in [0.15, 0.2) is 66.2 Å². The molecule has 0 aliphatic carbocycles. The number of carbonyl (C=O) groups excluding carboxylic acids is 2. The number of ether oxygens (including phenoxy) is 2. The molecule has 1 N–H and O–H groups in total. The number of benzene rings is 2. The van der Waals surface area contributed by atoms with Gasteiger partial charge in [-0.15, -0.1) is 0 Å². The van der Waals surface area contributed by atoms with E-state index < -0.39 is 17.7 Å². The minimum Gasteiger partial charge on any atom is -0.457 e. The fourth-order valence-electron chi connectivity index (χ4n) is 2.37. The Morgan fingerprint density at radius 1 is 0.964 bits per heavy atom. The Labute approximate surface area is 166 Å².